The predicted molar refractivity (Wildman–Crippen MR) is 125 cm³/mol. The molecule has 0 aliphatic carbocycles. The molecule has 7 heteroatoms. The number of nitrogens with zero attached hydrogens (tertiary/aromatic N) is 2. The molecule has 2 aliphatic heterocycles. The molecule has 2 aromatic rings. The van der Waals surface area contributed by atoms with Gasteiger partial charge in [-0.1, -0.05) is 71.3 Å². The zero-order chi connectivity index (χ0) is 18.3. The second-order valence-electron chi connectivity index (χ2n) is 5.96. The molecule has 27 heavy (non-hydrogen) atoms. The van der Waals surface area contributed by atoms with Gasteiger partial charge in [-0.25, -0.2) is 0 Å². The van der Waals surface area contributed by atoms with Gasteiger partial charge in [0.25, 0.3) is 0 Å². The topological polar surface area (TPSA) is 34.0 Å². The van der Waals surface area contributed by atoms with Crippen LogP contribution in [0.2, 0.25) is 0 Å². The Bertz CT molecular complexity index is 749. The van der Waals surface area contributed by atoms with Crippen molar-refractivity contribution in [2.75, 3.05) is 24.6 Å². The van der Waals surface area contributed by atoms with Gasteiger partial charge in [-0.05, 0) is 35.4 Å². The molecule has 3 nitrogen and oxygen atoms in total. The van der Waals surface area contributed by atoms with Gasteiger partial charge >= 0.3 is 0 Å². The Morgan fingerprint density at radius 3 is 1.52 bits per heavy atom. The lowest BCUT2D eigenvalue weighted by Crippen LogP contribution is -1.88. The summed E-state index contributed by atoms with van der Waals surface area (Å²) < 4.78 is 8.40. The molecule has 4 rings (SSSR count). The molecule has 0 aromatic heterocycles. The monoisotopic (exact) mass is 432 g/mol. The van der Waals surface area contributed by atoms with Crippen molar-refractivity contribution < 1.29 is 4.74 Å². The standard InChI is InChI=1S/C20H20N2OS4/c1-5-17(6-2-15(1)13-26-19-21-9-11-24-19)23-18-7-3-16(4-8-18)14-27-20-22-10-12-25-20/h1-8H,9-14H2. The van der Waals surface area contributed by atoms with Crippen LogP contribution in [-0.4, -0.2) is 33.3 Å². The summed E-state index contributed by atoms with van der Waals surface area (Å²) >= 11 is 7.36. The average molecular weight is 433 g/mol. The van der Waals surface area contributed by atoms with E-state index >= 15 is 0 Å². The van der Waals surface area contributed by atoms with E-state index in [1.807, 2.05) is 71.3 Å². The smallest absolute Gasteiger partial charge is 0.127 e. The largest absolute Gasteiger partial charge is 0.457 e. The first-order chi connectivity index (χ1) is 13.3. The molecule has 0 radical (unpaired) electrons. The van der Waals surface area contributed by atoms with Crippen LogP contribution in [0.5, 0.6) is 11.5 Å². The summed E-state index contributed by atoms with van der Waals surface area (Å²) in [5.74, 6) is 5.91. The van der Waals surface area contributed by atoms with Gasteiger partial charge in [0.15, 0.2) is 0 Å². The highest BCUT2D eigenvalue weighted by atomic mass is 32.2. The van der Waals surface area contributed by atoms with E-state index in [0.29, 0.717) is 0 Å². The van der Waals surface area contributed by atoms with Crippen LogP contribution in [0.4, 0.5) is 0 Å². The lowest BCUT2D eigenvalue weighted by molar-refractivity contribution is 0.482. The van der Waals surface area contributed by atoms with Crippen LogP contribution in [0, 0.1) is 0 Å². The van der Waals surface area contributed by atoms with Crippen LogP contribution >= 0.6 is 47.0 Å². The van der Waals surface area contributed by atoms with Crippen molar-refractivity contribution in [1.82, 2.24) is 0 Å². The van der Waals surface area contributed by atoms with Gasteiger partial charge < -0.3 is 4.74 Å². The van der Waals surface area contributed by atoms with Gasteiger partial charge in [0.05, 0.1) is 13.1 Å². The second-order valence-corrected chi connectivity index (χ2v) is 10.6. The summed E-state index contributed by atoms with van der Waals surface area (Å²) in [5, 5.41) is 0. The number of ether oxygens (including phenoxy) is 1. The van der Waals surface area contributed by atoms with E-state index in [0.717, 1.165) is 47.6 Å². The van der Waals surface area contributed by atoms with E-state index in [1.54, 1.807) is 0 Å². The molecule has 140 valence electrons. The Morgan fingerprint density at radius 1 is 0.704 bits per heavy atom. The first-order valence-electron chi connectivity index (χ1n) is 8.81. The molecular weight excluding hydrogens is 413 g/mol. The predicted octanol–water partition coefficient (Wildman–Crippen LogP) is 6.15. The van der Waals surface area contributed by atoms with Crippen molar-refractivity contribution in [3.05, 3.63) is 59.7 Å². The van der Waals surface area contributed by atoms with E-state index in [4.69, 9.17) is 4.74 Å². The van der Waals surface area contributed by atoms with Crippen LogP contribution in [0.15, 0.2) is 58.5 Å². The number of rotatable bonds is 6. The summed E-state index contributed by atoms with van der Waals surface area (Å²) in [7, 11) is 0. The fourth-order valence-corrected chi connectivity index (χ4v) is 6.47. The Balaban J connectivity index is 1.26. The first-order valence-corrected chi connectivity index (χ1v) is 12.8. The molecule has 0 spiro atoms. The molecule has 0 saturated heterocycles. The van der Waals surface area contributed by atoms with E-state index in [1.165, 1.54) is 19.9 Å². The fourth-order valence-electron chi connectivity index (χ4n) is 2.54. The SMILES string of the molecule is c1cc(Oc2ccc(CSC3=NCCS3)cc2)ccc1CSC1=NCCS1. The summed E-state index contributed by atoms with van der Waals surface area (Å²) in [4.78, 5) is 8.95. The highest BCUT2D eigenvalue weighted by Crippen LogP contribution is 2.29. The quantitative estimate of drug-likeness (QED) is 0.547. The molecule has 2 aliphatic rings. The van der Waals surface area contributed by atoms with Gasteiger partial charge in [0.1, 0.15) is 20.3 Å². The molecule has 0 amide bonds. The lowest BCUT2D eigenvalue weighted by Gasteiger charge is -2.08. The highest BCUT2D eigenvalue weighted by molar-refractivity contribution is 8.39. The Kier molecular flexibility index (Phi) is 7.12. The third-order valence-electron chi connectivity index (χ3n) is 3.92. The van der Waals surface area contributed by atoms with Crippen LogP contribution in [0.3, 0.4) is 0 Å². The van der Waals surface area contributed by atoms with Crippen molar-refractivity contribution in [2.24, 2.45) is 9.98 Å². The van der Waals surface area contributed by atoms with E-state index in [-0.39, 0.29) is 0 Å². The van der Waals surface area contributed by atoms with Gasteiger partial charge in [-0.2, -0.15) is 0 Å². The van der Waals surface area contributed by atoms with Crippen molar-refractivity contribution in [3.63, 3.8) is 0 Å². The Morgan fingerprint density at radius 2 is 1.15 bits per heavy atom. The molecule has 0 atom stereocenters. The molecular formula is C20H20N2OS4. The third kappa shape index (κ3) is 5.98. The van der Waals surface area contributed by atoms with Crippen LogP contribution in [0.25, 0.3) is 0 Å². The maximum atomic E-state index is 5.97. The Hall–Kier alpha value is -1.02. The van der Waals surface area contributed by atoms with Gasteiger partial charge in [-0.3, -0.25) is 9.98 Å². The van der Waals surface area contributed by atoms with Crippen LogP contribution in [0.1, 0.15) is 11.1 Å². The molecule has 0 unspecified atom stereocenters. The number of benzene rings is 2. The number of thioether (sulfide) groups is 4. The lowest BCUT2D eigenvalue weighted by atomic mass is 10.2. The van der Waals surface area contributed by atoms with Gasteiger partial charge in [0.2, 0.25) is 0 Å². The minimum atomic E-state index is 0.871. The Labute approximate surface area is 177 Å². The van der Waals surface area contributed by atoms with E-state index < -0.39 is 0 Å². The van der Waals surface area contributed by atoms with Crippen molar-refractivity contribution in [1.29, 1.82) is 0 Å². The average Bonchev–Trinajstić information content (AvgIpc) is 3.41. The summed E-state index contributed by atoms with van der Waals surface area (Å²) in [6.07, 6.45) is 0. The van der Waals surface area contributed by atoms with E-state index in [9.17, 15) is 0 Å². The maximum absolute atomic E-state index is 5.97. The zero-order valence-corrected chi connectivity index (χ0v) is 18.1. The summed E-state index contributed by atoms with van der Waals surface area (Å²) in [6, 6.07) is 16.7. The molecule has 2 heterocycles. The normalized spacial score (nSPS) is 16.3. The first kappa shape index (κ1) is 19.3. The second kappa shape index (κ2) is 9.96. The van der Waals surface area contributed by atoms with Crippen molar-refractivity contribution >= 4 is 55.8 Å². The highest BCUT2D eigenvalue weighted by Gasteiger charge is 2.09. The van der Waals surface area contributed by atoms with Crippen molar-refractivity contribution in [3.8, 4) is 11.5 Å². The number of aliphatic imine (C=N–C) groups is 2. The molecule has 0 fully saturated rings. The minimum Gasteiger partial charge on any atom is -0.457 e. The third-order valence-corrected chi connectivity index (χ3v) is 8.57. The molecule has 0 N–H and O–H groups in total. The molecule has 0 saturated carbocycles. The maximum Gasteiger partial charge on any atom is 0.127 e. The summed E-state index contributed by atoms with van der Waals surface area (Å²) in [6.45, 7) is 1.93. The number of hydrogen-bond acceptors (Lipinski definition) is 7. The van der Waals surface area contributed by atoms with Crippen LogP contribution in [-0.2, 0) is 11.5 Å². The zero-order valence-electron chi connectivity index (χ0n) is 14.8. The minimum absolute atomic E-state index is 0.871. The van der Waals surface area contributed by atoms with Gasteiger partial charge in [-0.15, -0.1) is 0 Å². The number of hydrogen-bond donors (Lipinski definition) is 0. The van der Waals surface area contributed by atoms with Crippen molar-refractivity contribution in [2.45, 2.75) is 11.5 Å². The van der Waals surface area contributed by atoms with Gasteiger partial charge in [0, 0.05) is 23.0 Å². The van der Waals surface area contributed by atoms with Crippen LogP contribution < -0.4 is 4.74 Å². The summed E-state index contributed by atoms with van der Waals surface area (Å²) in [5.41, 5.74) is 2.59. The molecule has 0 bridgehead atoms. The molecule has 2 aromatic carbocycles. The van der Waals surface area contributed by atoms with E-state index in [2.05, 4.69) is 34.3 Å². The fraction of sp³-hybridized carbons (Fsp3) is 0.300.